The van der Waals surface area contributed by atoms with Gasteiger partial charge in [0.15, 0.2) is 0 Å². The van der Waals surface area contributed by atoms with E-state index in [2.05, 4.69) is 26.1 Å². The molecule has 0 radical (unpaired) electrons. The third kappa shape index (κ3) is 5.09. The zero-order valence-electron chi connectivity index (χ0n) is 12.6. The van der Waals surface area contributed by atoms with E-state index in [1.807, 2.05) is 0 Å². The lowest BCUT2D eigenvalue weighted by molar-refractivity contribution is -0.125. The Labute approximate surface area is 116 Å². The number of nitrogens with two attached hydrogens (primary N) is 1. The van der Waals surface area contributed by atoms with Crippen molar-refractivity contribution in [3.05, 3.63) is 0 Å². The van der Waals surface area contributed by atoms with Crippen molar-refractivity contribution >= 4 is 5.91 Å². The molecule has 5 nitrogen and oxygen atoms in total. The van der Waals surface area contributed by atoms with Crippen molar-refractivity contribution in [2.75, 3.05) is 26.9 Å². The molecule has 112 valence electrons. The molecular formula is C14H28N2O3. The van der Waals surface area contributed by atoms with Crippen molar-refractivity contribution in [2.45, 2.75) is 45.8 Å². The van der Waals surface area contributed by atoms with Gasteiger partial charge in [-0.15, -0.1) is 0 Å². The molecule has 0 aromatic heterocycles. The standard InChI is InChI=1S/C14H28N2O3/c1-14(2,3)12-10(6-5-7-19-12)8-16-13(17)11(15)9-18-4/h10-12H,5-9,15H2,1-4H3,(H,16,17). The molecule has 1 rings (SSSR count). The largest absolute Gasteiger partial charge is 0.383 e. The van der Waals surface area contributed by atoms with Crippen LogP contribution < -0.4 is 11.1 Å². The molecule has 0 spiro atoms. The quantitative estimate of drug-likeness (QED) is 0.780. The molecule has 5 heteroatoms. The van der Waals surface area contributed by atoms with E-state index in [0.717, 1.165) is 19.4 Å². The van der Waals surface area contributed by atoms with Crippen LogP contribution in [0, 0.1) is 11.3 Å². The van der Waals surface area contributed by atoms with Crippen LogP contribution in [0.1, 0.15) is 33.6 Å². The summed E-state index contributed by atoms with van der Waals surface area (Å²) in [4.78, 5) is 11.8. The van der Waals surface area contributed by atoms with Crippen LogP contribution in [0.4, 0.5) is 0 Å². The third-order valence-electron chi connectivity index (χ3n) is 3.52. The second kappa shape index (κ2) is 7.22. The first-order chi connectivity index (χ1) is 8.86. The van der Waals surface area contributed by atoms with Gasteiger partial charge in [-0.05, 0) is 18.3 Å². The second-order valence-electron chi connectivity index (χ2n) is 6.37. The van der Waals surface area contributed by atoms with E-state index in [9.17, 15) is 4.79 Å². The lowest BCUT2D eigenvalue weighted by Gasteiger charge is -2.40. The molecule has 0 aromatic rings. The second-order valence-corrected chi connectivity index (χ2v) is 6.37. The Kier molecular flexibility index (Phi) is 6.23. The SMILES string of the molecule is COCC(N)C(=O)NCC1CCCOC1C(C)(C)C. The fourth-order valence-corrected chi connectivity index (χ4v) is 2.63. The summed E-state index contributed by atoms with van der Waals surface area (Å²) in [6.07, 6.45) is 2.32. The molecule has 0 saturated carbocycles. The maximum Gasteiger partial charge on any atom is 0.239 e. The summed E-state index contributed by atoms with van der Waals surface area (Å²) < 4.78 is 10.8. The zero-order valence-corrected chi connectivity index (χ0v) is 12.6. The molecule has 1 fully saturated rings. The van der Waals surface area contributed by atoms with Crippen LogP contribution in [0.2, 0.25) is 0 Å². The molecule has 0 aliphatic carbocycles. The first-order valence-electron chi connectivity index (χ1n) is 7.00. The molecule has 1 heterocycles. The maximum atomic E-state index is 11.8. The molecule has 3 unspecified atom stereocenters. The van der Waals surface area contributed by atoms with Gasteiger partial charge in [0, 0.05) is 26.2 Å². The van der Waals surface area contributed by atoms with Crippen LogP contribution >= 0.6 is 0 Å². The molecule has 1 aliphatic heterocycles. The Balaban J connectivity index is 2.47. The highest BCUT2D eigenvalue weighted by Gasteiger charge is 2.35. The van der Waals surface area contributed by atoms with Crippen molar-refractivity contribution < 1.29 is 14.3 Å². The van der Waals surface area contributed by atoms with Gasteiger partial charge in [0.05, 0.1) is 12.7 Å². The van der Waals surface area contributed by atoms with Gasteiger partial charge in [0.1, 0.15) is 6.04 Å². The number of ether oxygens (including phenoxy) is 2. The van der Waals surface area contributed by atoms with E-state index >= 15 is 0 Å². The maximum absolute atomic E-state index is 11.8. The predicted octanol–water partition coefficient (Wildman–Crippen LogP) is 0.918. The van der Waals surface area contributed by atoms with Crippen molar-refractivity contribution in [3.8, 4) is 0 Å². The van der Waals surface area contributed by atoms with Crippen LogP contribution in [0.3, 0.4) is 0 Å². The van der Waals surface area contributed by atoms with Gasteiger partial charge in [-0.1, -0.05) is 20.8 Å². The molecule has 19 heavy (non-hydrogen) atoms. The smallest absolute Gasteiger partial charge is 0.239 e. The van der Waals surface area contributed by atoms with Crippen molar-refractivity contribution in [2.24, 2.45) is 17.1 Å². The number of rotatable bonds is 5. The van der Waals surface area contributed by atoms with Gasteiger partial charge in [-0.3, -0.25) is 4.79 Å². The molecule has 0 aromatic carbocycles. The third-order valence-corrected chi connectivity index (χ3v) is 3.52. The lowest BCUT2D eigenvalue weighted by atomic mass is 9.78. The number of methoxy groups -OCH3 is 1. The zero-order chi connectivity index (χ0) is 14.5. The van der Waals surface area contributed by atoms with Crippen LogP contribution in [-0.4, -0.2) is 44.9 Å². The summed E-state index contributed by atoms with van der Waals surface area (Å²) >= 11 is 0. The fourth-order valence-electron chi connectivity index (χ4n) is 2.63. The van der Waals surface area contributed by atoms with E-state index in [1.54, 1.807) is 0 Å². The molecule has 1 aliphatic rings. The van der Waals surface area contributed by atoms with E-state index in [1.165, 1.54) is 7.11 Å². The predicted molar refractivity (Wildman–Crippen MR) is 74.8 cm³/mol. The molecule has 0 bridgehead atoms. The number of hydrogen-bond donors (Lipinski definition) is 2. The summed E-state index contributed by atoms with van der Waals surface area (Å²) in [7, 11) is 1.54. The van der Waals surface area contributed by atoms with Gasteiger partial charge in [-0.25, -0.2) is 0 Å². The van der Waals surface area contributed by atoms with Crippen LogP contribution in [0.25, 0.3) is 0 Å². The average molecular weight is 272 g/mol. The first kappa shape index (κ1) is 16.4. The number of amides is 1. The summed E-state index contributed by atoms with van der Waals surface area (Å²) in [6.45, 7) is 8.21. The minimum absolute atomic E-state index is 0.0878. The van der Waals surface area contributed by atoms with Crippen molar-refractivity contribution in [1.29, 1.82) is 0 Å². The highest BCUT2D eigenvalue weighted by molar-refractivity contribution is 5.81. The molecule has 3 atom stereocenters. The number of nitrogens with one attached hydrogen (secondary N) is 1. The van der Waals surface area contributed by atoms with Gasteiger partial charge in [0.2, 0.25) is 5.91 Å². The summed E-state index contributed by atoms with van der Waals surface area (Å²) in [5.41, 5.74) is 5.78. The number of carbonyl (C=O) groups is 1. The van der Waals surface area contributed by atoms with Gasteiger partial charge in [-0.2, -0.15) is 0 Å². The summed E-state index contributed by atoms with van der Waals surface area (Å²) in [6, 6.07) is -0.595. The Morgan fingerprint density at radius 2 is 2.21 bits per heavy atom. The van der Waals surface area contributed by atoms with E-state index in [4.69, 9.17) is 15.2 Å². The van der Waals surface area contributed by atoms with E-state index in [0.29, 0.717) is 12.5 Å². The molecule has 1 amide bonds. The fraction of sp³-hybridized carbons (Fsp3) is 0.929. The topological polar surface area (TPSA) is 73.6 Å². The van der Waals surface area contributed by atoms with Gasteiger partial charge < -0.3 is 20.5 Å². The lowest BCUT2D eigenvalue weighted by Crippen LogP contribution is -2.49. The highest BCUT2D eigenvalue weighted by Crippen LogP contribution is 2.33. The minimum Gasteiger partial charge on any atom is -0.383 e. The van der Waals surface area contributed by atoms with Crippen molar-refractivity contribution in [3.63, 3.8) is 0 Å². The monoisotopic (exact) mass is 272 g/mol. The van der Waals surface area contributed by atoms with Gasteiger partial charge in [0.25, 0.3) is 0 Å². The van der Waals surface area contributed by atoms with Crippen LogP contribution in [0.5, 0.6) is 0 Å². The molecule has 3 N–H and O–H groups in total. The molecular weight excluding hydrogens is 244 g/mol. The van der Waals surface area contributed by atoms with Crippen molar-refractivity contribution in [1.82, 2.24) is 5.32 Å². The highest BCUT2D eigenvalue weighted by atomic mass is 16.5. The van der Waals surface area contributed by atoms with Crippen LogP contribution in [0.15, 0.2) is 0 Å². The normalized spacial score (nSPS) is 25.9. The van der Waals surface area contributed by atoms with Gasteiger partial charge >= 0.3 is 0 Å². The first-order valence-corrected chi connectivity index (χ1v) is 7.00. The van der Waals surface area contributed by atoms with E-state index < -0.39 is 6.04 Å². The van der Waals surface area contributed by atoms with E-state index in [-0.39, 0.29) is 24.0 Å². The number of carbonyl (C=O) groups excluding carboxylic acids is 1. The summed E-state index contributed by atoms with van der Waals surface area (Å²) in [5, 5.41) is 2.92. The Bertz CT molecular complexity index is 289. The molecule has 1 saturated heterocycles. The summed E-state index contributed by atoms with van der Waals surface area (Å²) in [5.74, 6) is 0.201. The Morgan fingerprint density at radius 3 is 2.79 bits per heavy atom. The Hall–Kier alpha value is -0.650. The van der Waals surface area contributed by atoms with Crippen LogP contribution in [-0.2, 0) is 14.3 Å². The number of hydrogen-bond acceptors (Lipinski definition) is 4. The minimum atomic E-state index is -0.595. The Morgan fingerprint density at radius 1 is 1.53 bits per heavy atom. The average Bonchev–Trinajstić information content (AvgIpc) is 2.35.